The SMILES string of the molecule is CC(C)[C@H](/C=C/C(F)F)c1cccnc1N. The molecule has 0 unspecified atom stereocenters. The maximum atomic E-state index is 12.1. The predicted molar refractivity (Wildman–Crippen MR) is 61.4 cm³/mol. The van der Waals surface area contributed by atoms with E-state index >= 15 is 0 Å². The van der Waals surface area contributed by atoms with Gasteiger partial charge in [0.15, 0.2) is 0 Å². The smallest absolute Gasteiger partial charge is 0.257 e. The number of halogens is 2. The lowest BCUT2D eigenvalue weighted by molar-refractivity contribution is 0.203. The van der Waals surface area contributed by atoms with E-state index in [1.165, 1.54) is 6.08 Å². The molecular formula is C12H16F2N2. The number of hydrogen-bond donors (Lipinski definition) is 1. The molecule has 0 fully saturated rings. The molecule has 88 valence electrons. The van der Waals surface area contributed by atoms with Crippen LogP contribution in [0, 0.1) is 5.92 Å². The van der Waals surface area contributed by atoms with E-state index in [2.05, 4.69) is 4.98 Å². The highest BCUT2D eigenvalue weighted by molar-refractivity contribution is 5.43. The quantitative estimate of drug-likeness (QED) is 0.800. The number of nitrogens with zero attached hydrogens (tertiary/aromatic N) is 1. The number of pyridine rings is 1. The van der Waals surface area contributed by atoms with Crippen LogP contribution in [0.1, 0.15) is 25.3 Å². The number of rotatable bonds is 4. The third-order valence-corrected chi connectivity index (χ3v) is 2.41. The largest absolute Gasteiger partial charge is 0.383 e. The molecule has 0 aliphatic rings. The summed E-state index contributed by atoms with van der Waals surface area (Å²) in [6, 6.07) is 3.58. The normalized spacial score (nSPS) is 13.9. The zero-order valence-corrected chi connectivity index (χ0v) is 9.40. The van der Waals surface area contributed by atoms with Gasteiger partial charge in [-0.1, -0.05) is 26.0 Å². The molecule has 4 heteroatoms. The molecule has 0 amide bonds. The molecule has 1 rings (SSSR count). The average molecular weight is 226 g/mol. The Kier molecular flexibility index (Phi) is 4.40. The van der Waals surface area contributed by atoms with Gasteiger partial charge < -0.3 is 5.73 Å². The van der Waals surface area contributed by atoms with Gasteiger partial charge in [-0.05, 0) is 18.1 Å². The van der Waals surface area contributed by atoms with Gasteiger partial charge in [0.2, 0.25) is 0 Å². The number of alkyl halides is 2. The molecule has 0 spiro atoms. The minimum atomic E-state index is -2.43. The molecule has 0 aliphatic carbocycles. The van der Waals surface area contributed by atoms with Crippen LogP contribution < -0.4 is 5.73 Å². The fourth-order valence-corrected chi connectivity index (χ4v) is 1.60. The second kappa shape index (κ2) is 5.58. The van der Waals surface area contributed by atoms with Gasteiger partial charge in [-0.3, -0.25) is 0 Å². The summed E-state index contributed by atoms with van der Waals surface area (Å²) in [6.07, 6.45) is 1.56. The Bertz CT molecular complexity index is 362. The monoisotopic (exact) mass is 226 g/mol. The number of hydrogen-bond acceptors (Lipinski definition) is 2. The maximum absolute atomic E-state index is 12.1. The summed E-state index contributed by atoms with van der Waals surface area (Å²) in [5.41, 5.74) is 6.53. The Labute approximate surface area is 94.2 Å². The molecule has 2 nitrogen and oxygen atoms in total. The average Bonchev–Trinajstić information content (AvgIpc) is 2.20. The van der Waals surface area contributed by atoms with Crippen LogP contribution in [0.5, 0.6) is 0 Å². The van der Waals surface area contributed by atoms with E-state index in [1.54, 1.807) is 12.3 Å². The Morgan fingerprint density at radius 2 is 2.00 bits per heavy atom. The second-order valence-electron chi connectivity index (χ2n) is 3.97. The number of nitrogens with two attached hydrogens (primary N) is 1. The van der Waals surface area contributed by atoms with Gasteiger partial charge in [-0.15, -0.1) is 0 Å². The summed E-state index contributed by atoms with van der Waals surface area (Å²) < 4.78 is 24.3. The van der Waals surface area contributed by atoms with Crippen LogP contribution in [0.2, 0.25) is 0 Å². The third kappa shape index (κ3) is 3.29. The minimum absolute atomic E-state index is 0.123. The number of aromatic nitrogens is 1. The van der Waals surface area contributed by atoms with Crippen molar-refractivity contribution in [3.05, 3.63) is 36.0 Å². The summed E-state index contributed by atoms with van der Waals surface area (Å²) in [5.74, 6) is 0.476. The van der Waals surface area contributed by atoms with Gasteiger partial charge in [0.05, 0.1) is 0 Å². The molecule has 1 aromatic rings. The summed E-state index contributed by atoms with van der Waals surface area (Å²) in [7, 11) is 0. The van der Waals surface area contributed by atoms with Crippen molar-refractivity contribution in [3.63, 3.8) is 0 Å². The zero-order valence-electron chi connectivity index (χ0n) is 9.40. The van der Waals surface area contributed by atoms with E-state index in [9.17, 15) is 8.78 Å². The second-order valence-corrected chi connectivity index (χ2v) is 3.97. The van der Waals surface area contributed by atoms with Crippen LogP contribution in [0.15, 0.2) is 30.5 Å². The van der Waals surface area contributed by atoms with Crippen molar-refractivity contribution in [3.8, 4) is 0 Å². The molecule has 16 heavy (non-hydrogen) atoms. The van der Waals surface area contributed by atoms with Crippen molar-refractivity contribution < 1.29 is 8.78 Å². The minimum Gasteiger partial charge on any atom is -0.383 e. The highest BCUT2D eigenvalue weighted by Crippen LogP contribution is 2.29. The molecule has 2 N–H and O–H groups in total. The molecule has 0 aromatic carbocycles. The number of anilines is 1. The Hall–Kier alpha value is -1.45. The number of nitrogen functional groups attached to an aromatic ring is 1. The Morgan fingerprint density at radius 1 is 1.31 bits per heavy atom. The van der Waals surface area contributed by atoms with Crippen molar-refractivity contribution in [1.29, 1.82) is 0 Å². The maximum Gasteiger partial charge on any atom is 0.257 e. The number of allylic oxidation sites excluding steroid dienone is 2. The molecule has 0 aliphatic heterocycles. The summed E-state index contributed by atoms with van der Waals surface area (Å²) >= 11 is 0. The lowest BCUT2D eigenvalue weighted by Gasteiger charge is -2.18. The molecule has 0 saturated heterocycles. The lowest BCUT2D eigenvalue weighted by Crippen LogP contribution is -2.08. The van der Waals surface area contributed by atoms with Gasteiger partial charge in [0.1, 0.15) is 5.82 Å². The predicted octanol–water partition coefficient (Wildman–Crippen LogP) is 3.22. The Balaban J connectivity index is 2.99. The van der Waals surface area contributed by atoms with Crippen LogP contribution in [0.4, 0.5) is 14.6 Å². The van der Waals surface area contributed by atoms with Gasteiger partial charge in [-0.2, -0.15) is 0 Å². The van der Waals surface area contributed by atoms with Crippen molar-refractivity contribution in [2.24, 2.45) is 5.92 Å². The molecule has 1 heterocycles. The van der Waals surface area contributed by atoms with E-state index < -0.39 is 6.43 Å². The van der Waals surface area contributed by atoms with Crippen molar-refractivity contribution in [2.75, 3.05) is 5.73 Å². The topological polar surface area (TPSA) is 38.9 Å². The molecule has 0 radical (unpaired) electrons. The summed E-state index contributed by atoms with van der Waals surface area (Å²) in [6.45, 7) is 3.93. The van der Waals surface area contributed by atoms with Gasteiger partial charge >= 0.3 is 0 Å². The molecule has 0 bridgehead atoms. The van der Waals surface area contributed by atoms with Crippen LogP contribution in [-0.2, 0) is 0 Å². The van der Waals surface area contributed by atoms with Gasteiger partial charge in [0.25, 0.3) is 6.43 Å². The standard InChI is InChI=1S/C12H16F2N2/c1-8(2)9(5-6-11(13)14)10-4-3-7-16-12(10)15/h3-9,11H,1-2H3,(H2,15,16)/b6-5+/t9-/m0/s1. The lowest BCUT2D eigenvalue weighted by atomic mass is 9.88. The van der Waals surface area contributed by atoms with Crippen LogP contribution in [0.25, 0.3) is 0 Å². The molecule has 1 aromatic heterocycles. The Morgan fingerprint density at radius 3 is 2.50 bits per heavy atom. The van der Waals surface area contributed by atoms with E-state index in [-0.39, 0.29) is 11.8 Å². The van der Waals surface area contributed by atoms with Crippen molar-refractivity contribution in [1.82, 2.24) is 4.98 Å². The highest BCUT2D eigenvalue weighted by Gasteiger charge is 2.16. The first-order valence-electron chi connectivity index (χ1n) is 5.19. The van der Waals surface area contributed by atoms with Crippen molar-refractivity contribution >= 4 is 5.82 Å². The first kappa shape index (κ1) is 12.6. The van der Waals surface area contributed by atoms with Crippen LogP contribution >= 0.6 is 0 Å². The third-order valence-electron chi connectivity index (χ3n) is 2.41. The van der Waals surface area contributed by atoms with Gasteiger partial charge in [-0.25, -0.2) is 13.8 Å². The van der Waals surface area contributed by atoms with Crippen molar-refractivity contribution in [2.45, 2.75) is 26.2 Å². The first-order chi connectivity index (χ1) is 7.52. The zero-order chi connectivity index (χ0) is 12.1. The van der Waals surface area contributed by atoms with E-state index in [1.807, 2.05) is 19.9 Å². The molecule has 0 saturated carbocycles. The highest BCUT2D eigenvalue weighted by atomic mass is 19.3. The van der Waals surface area contributed by atoms with E-state index in [0.29, 0.717) is 5.82 Å². The fourth-order valence-electron chi connectivity index (χ4n) is 1.60. The summed E-state index contributed by atoms with van der Waals surface area (Å²) in [5, 5.41) is 0. The summed E-state index contributed by atoms with van der Waals surface area (Å²) in [4.78, 5) is 3.97. The van der Waals surface area contributed by atoms with E-state index in [4.69, 9.17) is 5.73 Å². The van der Waals surface area contributed by atoms with Crippen LogP contribution in [-0.4, -0.2) is 11.4 Å². The molecule has 1 atom stereocenters. The van der Waals surface area contributed by atoms with Crippen LogP contribution in [0.3, 0.4) is 0 Å². The van der Waals surface area contributed by atoms with E-state index in [0.717, 1.165) is 11.6 Å². The molecular weight excluding hydrogens is 210 g/mol. The fraction of sp³-hybridized carbons (Fsp3) is 0.417. The first-order valence-corrected chi connectivity index (χ1v) is 5.19. The van der Waals surface area contributed by atoms with Gasteiger partial charge in [0, 0.05) is 17.7 Å².